The number of pyridine rings is 2. The van der Waals surface area contributed by atoms with Crippen LogP contribution in [0.4, 0.5) is 0 Å². The van der Waals surface area contributed by atoms with Crippen molar-refractivity contribution in [1.82, 2.24) is 30.0 Å². The van der Waals surface area contributed by atoms with Crippen LogP contribution < -0.4 is 0 Å². The number of hydrogen-bond acceptors (Lipinski definition) is 4. The van der Waals surface area contributed by atoms with Crippen molar-refractivity contribution in [2.24, 2.45) is 0 Å². The molecule has 2 N–H and O–H groups in total. The van der Waals surface area contributed by atoms with Gasteiger partial charge in [0.15, 0.2) is 0 Å². The van der Waals surface area contributed by atoms with E-state index in [0.29, 0.717) is 0 Å². The van der Waals surface area contributed by atoms with Crippen LogP contribution in [0.25, 0.3) is 39.8 Å². The number of aryl methyl sites for hydroxylation is 1. The second-order valence-corrected chi connectivity index (χ2v) is 8.09. The van der Waals surface area contributed by atoms with Crippen molar-refractivity contribution in [3.8, 4) is 22.6 Å². The van der Waals surface area contributed by atoms with Crippen molar-refractivity contribution in [2.45, 2.75) is 26.3 Å². The Kier molecular flexibility index (Phi) is 5.22. The van der Waals surface area contributed by atoms with Crippen molar-refractivity contribution in [1.29, 1.82) is 0 Å². The van der Waals surface area contributed by atoms with Gasteiger partial charge < -0.3 is 4.98 Å². The number of nitrogens with zero attached hydrogens (tertiary/aromatic N) is 4. The zero-order chi connectivity index (χ0) is 21.2. The van der Waals surface area contributed by atoms with E-state index in [1.165, 1.54) is 31.5 Å². The first-order valence-corrected chi connectivity index (χ1v) is 10.7. The van der Waals surface area contributed by atoms with E-state index in [1.807, 2.05) is 36.7 Å². The Hall–Kier alpha value is -3.51. The van der Waals surface area contributed by atoms with Gasteiger partial charge in [-0.05, 0) is 68.2 Å². The predicted octanol–water partition coefficient (Wildman–Crippen LogP) is 5.12. The number of H-pyrrole nitrogens is 2. The average molecular weight is 411 g/mol. The highest BCUT2D eigenvalue weighted by Crippen LogP contribution is 2.29. The maximum atomic E-state index is 4.95. The van der Waals surface area contributed by atoms with Gasteiger partial charge in [0, 0.05) is 30.2 Å². The normalized spacial score (nSPS) is 14.7. The number of rotatable bonds is 6. The highest BCUT2D eigenvalue weighted by molar-refractivity contribution is 5.90. The van der Waals surface area contributed by atoms with Gasteiger partial charge in [-0.15, -0.1) is 0 Å². The molecule has 156 valence electrons. The summed E-state index contributed by atoms with van der Waals surface area (Å²) in [6.45, 7) is 9.09. The number of nitrogens with one attached hydrogen (secondary N) is 2. The molecule has 0 unspecified atom stereocenters. The largest absolute Gasteiger partial charge is 0.357 e. The molecule has 0 aromatic carbocycles. The molecule has 1 aliphatic rings. The van der Waals surface area contributed by atoms with Gasteiger partial charge in [0.05, 0.1) is 16.9 Å². The van der Waals surface area contributed by atoms with Crippen molar-refractivity contribution in [3.05, 3.63) is 72.2 Å². The molecule has 31 heavy (non-hydrogen) atoms. The zero-order valence-electron chi connectivity index (χ0n) is 17.7. The van der Waals surface area contributed by atoms with E-state index in [2.05, 4.69) is 50.7 Å². The van der Waals surface area contributed by atoms with Gasteiger partial charge in [-0.25, -0.2) is 4.98 Å². The Bertz CT molecular complexity index is 1260. The van der Waals surface area contributed by atoms with Gasteiger partial charge in [0.25, 0.3) is 0 Å². The molecule has 0 aliphatic carbocycles. The maximum Gasteiger partial charge on any atom is 0.135 e. The smallest absolute Gasteiger partial charge is 0.135 e. The first-order chi connectivity index (χ1) is 15.2. The molecular weight excluding hydrogens is 384 g/mol. The molecule has 1 fully saturated rings. The number of allylic oxidation sites excluding steroid dienone is 2. The van der Waals surface area contributed by atoms with E-state index in [4.69, 9.17) is 4.98 Å². The third kappa shape index (κ3) is 3.94. The first-order valence-electron chi connectivity index (χ1n) is 10.7. The fourth-order valence-electron chi connectivity index (χ4n) is 4.21. The predicted molar refractivity (Wildman–Crippen MR) is 125 cm³/mol. The maximum absolute atomic E-state index is 4.95. The SMILES string of the molecule is C=C/C=C\c1cc(-c2n[nH]c3ccc(-c4cncc(CN5CCCC5)c4)nc23)[nH]c1C. The Morgan fingerprint density at radius 1 is 1.16 bits per heavy atom. The van der Waals surface area contributed by atoms with Gasteiger partial charge >= 0.3 is 0 Å². The number of likely N-dealkylation sites (tertiary alicyclic amines) is 1. The molecule has 0 radical (unpaired) electrons. The zero-order valence-corrected chi connectivity index (χ0v) is 17.7. The standard InChI is InChI=1S/C25H26N6/c1-3-4-7-19-13-23(27-17(19)2)25-24-22(29-30-25)9-8-21(28-24)20-12-18(14-26-15-20)16-31-10-5-6-11-31/h3-4,7-9,12-15,27H,1,5-6,10-11,16H2,2H3,(H,29,30)/b7-4-. The molecule has 0 amide bonds. The molecule has 6 nitrogen and oxygen atoms in total. The lowest BCUT2D eigenvalue weighted by atomic mass is 10.1. The number of hydrogen-bond donors (Lipinski definition) is 2. The van der Waals surface area contributed by atoms with Crippen molar-refractivity contribution < 1.29 is 0 Å². The fraction of sp³-hybridized carbons (Fsp3) is 0.240. The summed E-state index contributed by atoms with van der Waals surface area (Å²) in [5.41, 5.74) is 8.88. The summed E-state index contributed by atoms with van der Waals surface area (Å²) in [4.78, 5) is 15.4. The molecule has 4 aromatic rings. The van der Waals surface area contributed by atoms with Crippen LogP contribution in [0, 0.1) is 6.92 Å². The van der Waals surface area contributed by atoms with E-state index >= 15 is 0 Å². The Labute approximate surface area is 181 Å². The average Bonchev–Trinajstić information content (AvgIpc) is 3.52. The van der Waals surface area contributed by atoms with E-state index in [1.54, 1.807) is 6.08 Å². The van der Waals surface area contributed by atoms with Crippen LogP contribution in [0.1, 0.15) is 29.7 Å². The second kappa shape index (κ2) is 8.32. The lowest BCUT2D eigenvalue weighted by Crippen LogP contribution is -2.18. The Morgan fingerprint density at radius 2 is 2.03 bits per heavy atom. The summed E-state index contributed by atoms with van der Waals surface area (Å²) < 4.78 is 0. The fourth-order valence-corrected chi connectivity index (χ4v) is 4.21. The van der Waals surface area contributed by atoms with Gasteiger partial charge in [-0.1, -0.05) is 24.8 Å². The van der Waals surface area contributed by atoms with E-state index < -0.39 is 0 Å². The highest BCUT2D eigenvalue weighted by Gasteiger charge is 2.15. The molecule has 5 heterocycles. The molecule has 0 spiro atoms. The minimum Gasteiger partial charge on any atom is -0.357 e. The molecule has 0 bridgehead atoms. The van der Waals surface area contributed by atoms with E-state index in [9.17, 15) is 0 Å². The second-order valence-electron chi connectivity index (χ2n) is 8.09. The van der Waals surface area contributed by atoms with Gasteiger partial charge in [0.2, 0.25) is 0 Å². The van der Waals surface area contributed by atoms with Crippen LogP contribution >= 0.6 is 0 Å². The highest BCUT2D eigenvalue weighted by atomic mass is 15.1. The summed E-state index contributed by atoms with van der Waals surface area (Å²) in [6.07, 6.45) is 12.2. The van der Waals surface area contributed by atoms with Crippen LogP contribution in [-0.4, -0.2) is 43.1 Å². The minimum atomic E-state index is 0.819. The minimum absolute atomic E-state index is 0.819. The number of fused-ring (bicyclic) bond motifs is 1. The third-order valence-electron chi connectivity index (χ3n) is 5.83. The Balaban J connectivity index is 1.50. The summed E-state index contributed by atoms with van der Waals surface area (Å²) in [7, 11) is 0. The van der Waals surface area contributed by atoms with Crippen molar-refractivity contribution in [2.75, 3.05) is 13.1 Å². The molecule has 6 heteroatoms. The van der Waals surface area contributed by atoms with Crippen LogP contribution in [0.3, 0.4) is 0 Å². The number of aromatic amines is 2. The third-order valence-corrected chi connectivity index (χ3v) is 5.83. The summed E-state index contributed by atoms with van der Waals surface area (Å²) in [6, 6.07) is 8.36. The van der Waals surface area contributed by atoms with Crippen LogP contribution in [-0.2, 0) is 6.54 Å². The molecule has 1 aliphatic heterocycles. The van der Waals surface area contributed by atoms with Gasteiger partial charge in [0.1, 0.15) is 11.2 Å². The molecule has 0 saturated carbocycles. The molecule has 5 rings (SSSR count). The quantitative estimate of drug-likeness (QED) is 0.433. The van der Waals surface area contributed by atoms with Crippen LogP contribution in [0.15, 0.2) is 55.4 Å². The summed E-state index contributed by atoms with van der Waals surface area (Å²) in [5.74, 6) is 0. The summed E-state index contributed by atoms with van der Waals surface area (Å²) in [5, 5.41) is 7.64. The first kappa shape index (κ1) is 19.5. The lowest BCUT2D eigenvalue weighted by Gasteiger charge is -2.14. The van der Waals surface area contributed by atoms with Crippen LogP contribution in [0.2, 0.25) is 0 Å². The molecule has 0 atom stereocenters. The summed E-state index contributed by atoms with van der Waals surface area (Å²) >= 11 is 0. The molecule has 4 aromatic heterocycles. The van der Waals surface area contributed by atoms with E-state index in [-0.39, 0.29) is 0 Å². The van der Waals surface area contributed by atoms with Crippen LogP contribution in [0.5, 0.6) is 0 Å². The van der Waals surface area contributed by atoms with Gasteiger partial charge in [-0.3, -0.25) is 15.0 Å². The van der Waals surface area contributed by atoms with Gasteiger partial charge in [-0.2, -0.15) is 5.10 Å². The molecule has 1 saturated heterocycles. The number of aromatic nitrogens is 5. The van der Waals surface area contributed by atoms with Crippen molar-refractivity contribution >= 4 is 17.1 Å². The van der Waals surface area contributed by atoms with Crippen molar-refractivity contribution in [3.63, 3.8) is 0 Å². The topological polar surface area (TPSA) is 73.5 Å². The van der Waals surface area contributed by atoms with E-state index in [0.717, 1.165) is 51.5 Å². The molecular formula is C25H26N6. The Morgan fingerprint density at radius 3 is 2.87 bits per heavy atom. The lowest BCUT2D eigenvalue weighted by molar-refractivity contribution is 0.331. The monoisotopic (exact) mass is 410 g/mol.